The second-order valence-corrected chi connectivity index (χ2v) is 11.8. The monoisotopic (exact) mass is 609 g/mol. The zero-order valence-electron chi connectivity index (χ0n) is 22.8. The minimum atomic E-state index is -4.74. The summed E-state index contributed by atoms with van der Waals surface area (Å²) >= 11 is 5.98. The molecule has 2 amide bonds. The normalized spacial score (nSPS) is 12.5. The second kappa shape index (κ2) is 13.4. The Morgan fingerprint density at radius 1 is 1.00 bits per heavy atom. The SMILES string of the molecule is CCCNC(=O)[C@@H](C)N(Cc1ccc(Cl)cc1)C(=O)CN(c1cccc(C(F)(F)F)c1)S(=O)(=O)c1ccc(C)cc1. The molecule has 0 aliphatic heterocycles. The first-order valence-corrected chi connectivity index (χ1v) is 14.6. The number of anilines is 1. The van der Waals surface area contributed by atoms with Crippen molar-refractivity contribution in [1.82, 2.24) is 10.2 Å². The van der Waals surface area contributed by atoms with Crippen molar-refractivity contribution in [1.29, 1.82) is 0 Å². The summed E-state index contributed by atoms with van der Waals surface area (Å²) in [4.78, 5) is 27.7. The van der Waals surface area contributed by atoms with Crippen LogP contribution >= 0.6 is 11.6 Å². The number of alkyl halides is 3. The Balaban J connectivity index is 2.07. The third-order valence-electron chi connectivity index (χ3n) is 6.33. The first-order valence-electron chi connectivity index (χ1n) is 12.8. The van der Waals surface area contributed by atoms with Gasteiger partial charge in [0, 0.05) is 18.1 Å². The van der Waals surface area contributed by atoms with Crippen LogP contribution < -0.4 is 9.62 Å². The fourth-order valence-corrected chi connectivity index (χ4v) is 5.50. The van der Waals surface area contributed by atoms with Gasteiger partial charge in [-0.15, -0.1) is 0 Å². The topological polar surface area (TPSA) is 86.8 Å². The molecule has 0 saturated heterocycles. The zero-order valence-corrected chi connectivity index (χ0v) is 24.4. The number of hydrogen-bond donors (Lipinski definition) is 1. The van der Waals surface area contributed by atoms with Crippen LogP contribution in [0.5, 0.6) is 0 Å². The maximum Gasteiger partial charge on any atom is 0.416 e. The van der Waals surface area contributed by atoms with Crippen LogP contribution in [0.25, 0.3) is 0 Å². The lowest BCUT2D eigenvalue weighted by molar-refractivity contribution is -0.139. The van der Waals surface area contributed by atoms with E-state index in [0.717, 1.165) is 17.7 Å². The Morgan fingerprint density at radius 3 is 2.22 bits per heavy atom. The van der Waals surface area contributed by atoms with E-state index in [1.54, 1.807) is 43.3 Å². The number of aryl methyl sites for hydroxylation is 1. The van der Waals surface area contributed by atoms with Gasteiger partial charge in [0.25, 0.3) is 10.0 Å². The number of nitrogens with zero attached hydrogens (tertiary/aromatic N) is 2. The summed E-state index contributed by atoms with van der Waals surface area (Å²) in [5.74, 6) is -1.24. The Labute approximate surface area is 243 Å². The van der Waals surface area contributed by atoms with Gasteiger partial charge in [0.1, 0.15) is 12.6 Å². The Hall–Kier alpha value is -3.57. The molecule has 0 radical (unpaired) electrons. The van der Waals surface area contributed by atoms with Crippen LogP contribution in [-0.2, 0) is 32.3 Å². The van der Waals surface area contributed by atoms with Crippen molar-refractivity contribution in [3.63, 3.8) is 0 Å². The molecule has 7 nitrogen and oxygen atoms in total. The van der Waals surface area contributed by atoms with Crippen LogP contribution in [-0.4, -0.2) is 44.3 Å². The Kier molecular flexibility index (Phi) is 10.4. The molecule has 0 bridgehead atoms. The minimum absolute atomic E-state index is 0.0717. The van der Waals surface area contributed by atoms with Gasteiger partial charge >= 0.3 is 6.18 Å². The van der Waals surface area contributed by atoms with Gasteiger partial charge in [0.2, 0.25) is 11.8 Å². The van der Waals surface area contributed by atoms with Gasteiger partial charge in [-0.1, -0.05) is 54.4 Å². The van der Waals surface area contributed by atoms with Crippen LogP contribution in [0.4, 0.5) is 18.9 Å². The molecule has 0 aliphatic rings. The molecule has 220 valence electrons. The molecular formula is C29H31ClF3N3O4S. The highest BCUT2D eigenvalue weighted by molar-refractivity contribution is 7.92. The van der Waals surface area contributed by atoms with Crippen molar-refractivity contribution in [2.75, 3.05) is 17.4 Å². The fraction of sp³-hybridized carbons (Fsp3) is 0.310. The molecule has 1 N–H and O–H groups in total. The fourth-order valence-electron chi connectivity index (χ4n) is 3.97. The minimum Gasteiger partial charge on any atom is -0.354 e. The van der Waals surface area contributed by atoms with Crippen LogP contribution in [0.15, 0.2) is 77.7 Å². The third kappa shape index (κ3) is 8.23. The van der Waals surface area contributed by atoms with E-state index in [1.165, 1.54) is 30.0 Å². The first kappa shape index (κ1) is 32.0. The second-order valence-electron chi connectivity index (χ2n) is 9.49. The van der Waals surface area contributed by atoms with Crippen molar-refractivity contribution in [2.24, 2.45) is 0 Å². The smallest absolute Gasteiger partial charge is 0.354 e. The van der Waals surface area contributed by atoms with Gasteiger partial charge < -0.3 is 10.2 Å². The lowest BCUT2D eigenvalue weighted by Crippen LogP contribution is -2.51. The molecule has 0 fully saturated rings. The molecule has 0 saturated carbocycles. The molecule has 41 heavy (non-hydrogen) atoms. The van der Waals surface area contributed by atoms with Gasteiger partial charge in [0.05, 0.1) is 16.1 Å². The Morgan fingerprint density at radius 2 is 1.63 bits per heavy atom. The zero-order chi connectivity index (χ0) is 30.4. The maximum atomic E-state index is 13.8. The molecule has 0 aromatic heterocycles. The molecule has 0 unspecified atom stereocenters. The van der Waals surface area contributed by atoms with E-state index in [0.29, 0.717) is 33.9 Å². The van der Waals surface area contributed by atoms with Gasteiger partial charge in [0.15, 0.2) is 0 Å². The standard InChI is InChI=1S/C29H31ClF3N3O4S/c1-4-16-34-28(38)21(3)35(18-22-10-12-24(30)13-11-22)27(37)19-36(25-7-5-6-23(17-25)29(31,32)33)41(39,40)26-14-8-20(2)9-15-26/h5-15,17,21H,4,16,18-19H2,1-3H3,(H,34,38)/t21-/m1/s1. The lowest BCUT2D eigenvalue weighted by atomic mass is 10.1. The average molecular weight is 610 g/mol. The summed E-state index contributed by atoms with van der Waals surface area (Å²) in [6.07, 6.45) is -4.09. The van der Waals surface area contributed by atoms with Crippen LogP contribution in [0.1, 0.15) is 37.0 Å². The predicted molar refractivity (Wildman–Crippen MR) is 152 cm³/mol. The highest BCUT2D eigenvalue weighted by Crippen LogP contribution is 2.33. The molecule has 0 spiro atoms. The largest absolute Gasteiger partial charge is 0.416 e. The van der Waals surface area contributed by atoms with Crippen molar-refractivity contribution < 1.29 is 31.2 Å². The van der Waals surface area contributed by atoms with Crippen molar-refractivity contribution in [3.05, 3.63) is 94.5 Å². The summed E-state index contributed by atoms with van der Waals surface area (Å²) in [7, 11) is -4.50. The molecule has 0 heterocycles. The van der Waals surface area contributed by atoms with Crippen molar-refractivity contribution >= 4 is 39.1 Å². The highest BCUT2D eigenvalue weighted by Gasteiger charge is 2.35. The molecular weight excluding hydrogens is 579 g/mol. The molecule has 3 rings (SSSR count). The number of carbonyl (C=O) groups is 2. The highest BCUT2D eigenvalue weighted by atomic mass is 35.5. The Bertz CT molecular complexity index is 1460. The number of sulfonamides is 1. The number of halogens is 4. The summed E-state index contributed by atoms with van der Waals surface area (Å²) in [6, 6.07) is 15.0. The lowest BCUT2D eigenvalue weighted by Gasteiger charge is -2.32. The summed E-state index contributed by atoms with van der Waals surface area (Å²) < 4.78 is 68.9. The van der Waals surface area contributed by atoms with Gasteiger partial charge in [-0.3, -0.25) is 13.9 Å². The van der Waals surface area contributed by atoms with Gasteiger partial charge in [-0.25, -0.2) is 8.42 Å². The average Bonchev–Trinajstić information content (AvgIpc) is 2.93. The summed E-state index contributed by atoms with van der Waals surface area (Å²) in [6.45, 7) is 4.56. The summed E-state index contributed by atoms with van der Waals surface area (Å²) in [5, 5.41) is 3.18. The summed E-state index contributed by atoms with van der Waals surface area (Å²) in [5.41, 5.74) is -0.0308. The van der Waals surface area contributed by atoms with E-state index in [-0.39, 0.29) is 17.1 Å². The number of hydrogen-bond acceptors (Lipinski definition) is 4. The number of benzene rings is 3. The third-order valence-corrected chi connectivity index (χ3v) is 8.37. The number of carbonyl (C=O) groups excluding carboxylic acids is 2. The quantitative estimate of drug-likeness (QED) is 0.297. The van der Waals surface area contributed by atoms with E-state index in [4.69, 9.17) is 11.6 Å². The maximum absolute atomic E-state index is 13.8. The molecule has 12 heteroatoms. The van der Waals surface area contributed by atoms with Crippen molar-refractivity contribution in [3.8, 4) is 0 Å². The van der Waals surface area contributed by atoms with Crippen LogP contribution in [0.2, 0.25) is 5.02 Å². The van der Waals surface area contributed by atoms with E-state index < -0.39 is 46.2 Å². The van der Waals surface area contributed by atoms with Crippen LogP contribution in [0, 0.1) is 6.92 Å². The molecule has 1 atom stereocenters. The number of rotatable bonds is 11. The van der Waals surface area contributed by atoms with Gasteiger partial charge in [-0.2, -0.15) is 13.2 Å². The van der Waals surface area contributed by atoms with Crippen molar-refractivity contribution in [2.45, 2.75) is 50.9 Å². The van der Waals surface area contributed by atoms with E-state index in [2.05, 4.69) is 5.32 Å². The van der Waals surface area contributed by atoms with E-state index in [1.807, 2.05) is 6.92 Å². The predicted octanol–water partition coefficient (Wildman–Crippen LogP) is 5.81. The molecule has 3 aromatic carbocycles. The van der Waals surface area contributed by atoms with E-state index >= 15 is 0 Å². The number of amides is 2. The number of nitrogens with one attached hydrogen (secondary N) is 1. The molecule has 0 aliphatic carbocycles. The first-order chi connectivity index (χ1) is 19.2. The van der Waals surface area contributed by atoms with E-state index in [9.17, 15) is 31.2 Å². The van der Waals surface area contributed by atoms with Gasteiger partial charge in [-0.05, 0) is 68.3 Å². The van der Waals surface area contributed by atoms with Crippen LogP contribution in [0.3, 0.4) is 0 Å². The molecule has 3 aromatic rings.